The van der Waals surface area contributed by atoms with Crippen molar-refractivity contribution in [1.29, 1.82) is 0 Å². The first-order valence-electron chi connectivity index (χ1n) is 3.08. The van der Waals surface area contributed by atoms with Crippen LogP contribution in [0, 0.1) is 0 Å². The monoisotopic (exact) mass is 170 g/mol. The number of pyridine rings is 1. The summed E-state index contributed by atoms with van der Waals surface area (Å²) in [5.74, 6) is 0.771. The van der Waals surface area contributed by atoms with Crippen LogP contribution >= 0.6 is 11.9 Å². The quantitative estimate of drug-likeness (QED) is 0.569. The van der Waals surface area contributed by atoms with Gasteiger partial charge in [0.1, 0.15) is 5.82 Å². The van der Waals surface area contributed by atoms with Gasteiger partial charge in [0.05, 0.1) is 16.8 Å². The molecule has 1 heterocycles. The second kappa shape index (κ2) is 3.45. The Balaban J connectivity index is 3.02. The minimum Gasteiger partial charge on any atom is -0.397 e. The third-order valence-corrected chi connectivity index (χ3v) is 1.89. The molecule has 0 aliphatic rings. The Morgan fingerprint density at radius 2 is 2.36 bits per heavy atom. The lowest BCUT2D eigenvalue weighted by Crippen LogP contribution is -1.97. The summed E-state index contributed by atoms with van der Waals surface area (Å²) in [5.41, 5.74) is 6.17. The number of anilines is 2. The van der Waals surface area contributed by atoms with Crippen LogP contribution in [-0.2, 0) is 0 Å². The van der Waals surface area contributed by atoms with Crippen LogP contribution in [0.2, 0.25) is 0 Å². The molecule has 0 aliphatic heterocycles. The number of hydrogen-bond donors (Lipinski definition) is 3. The van der Waals surface area contributed by atoms with Crippen molar-refractivity contribution in [2.24, 2.45) is 5.14 Å². The topological polar surface area (TPSA) is 77.0 Å². The number of nitrogens with zero attached hydrogens (tertiary/aromatic N) is 1. The molecule has 0 aliphatic carbocycles. The minimum atomic E-state index is 0.608. The maximum absolute atomic E-state index is 5.56. The molecular weight excluding hydrogens is 160 g/mol. The Hall–Kier alpha value is -0.940. The third kappa shape index (κ3) is 1.75. The van der Waals surface area contributed by atoms with Gasteiger partial charge in [-0.15, -0.1) is 0 Å². The fourth-order valence-corrected chi connectivity index (χ4v) is 1.05. The summed E-state index contributed by atoms with van der Waals surface area (Å²) in [6.07, 6.45) is 1.58. The predicted octanol–water partition coefficient (Wildman–Crippen LogP) is 0.671. The van der Waals surface area contributed by atoms with E-state index in [1.165, 1.54) is 0 Å². The van der Waals surface area contributed by atoms with Crippen molar-refractivity contribution in [3.63, 3.8) is 0 Å². The van der Waals surface area contributed by atoms with Crippen LogP contribution in [-0.4, -0.2) is 12.0 Å². The second-order valence-electron chi connectivity index (χ2n) is 1.98. The van der Waals surface area contributed by atoms with Gasteiger partial charge >= 0.3 is 0 Å². The van der Waals surface area contributed by atoms with Gasteiger partial charge < -0.3 is 11.1 Å². The Bertz CT molecular complexity index is 250. The highest BCUT2D eigenvalue weighted by Crippen LogP contribution is 2.21. The van der Waals surface area contributed by atoms with Gasteiger partial charge in [-0.05, 0) is 18.0 Å². The van der Waals surface area contributed by atoms with E-state index in [1.54, 1.807) is 19.3 Å². The molecule has 0 atom stereocenters. The van der Waals surface area contributed by atoms with E-state index in [9.17, 15) is 0 Å². The fourth-order valence-electron chi connectivity index (χ4n) is 0.686. The molecule has 60 valence electrons. The molecule has 5 heteroatoms. The molecule has 0 aromatic carbocycles. The van der Waals surface area contributed by atoms with Crippen LogP contribution in [0.25, 0.3) is 0 Å². The Morgan fingerprint density at radius 1 is 1.64 bits per heavy atom. The van der Waals surface area contributed by atoms with Crippen molar-refractivity contribution in [3.8, 4) is 0 Å². The van der Waals surface area contributed by atoms with Gasteiger partial charge in [0, 0.05) is 7.05 Å². The van der Waals surface area contributed by atoms with Crippen molar-refractivity contribution >= 4 is 23.5 Å². The lowest BCUT2D eigenvalue weighted by Gasteiger charge is -2.03. The molecule has 1 aromatic rings. The SMILES string of the molecule is CNc1cc(SN)c(N)cn1. The maximum Gasteiger partial charge on any atom is 0.126 e. The van der Waals surface area contributed by atoms with Gasteiger partial charge in [0.15, 0.2) is 0 Å². The predicted molar refractivity (Wildman–Crippen MR) is 48.2 cm³/mol. The molecule has 5 N–H and O–H groups in total. The van der Waals surface area contributed by atoms with Gasteiger partial charge in [-0.3, -0.25) is 5.14 Å². The summed E-state index contributed by atoms with van der Waals surface area (Å²) < 4.78 is 0. The van der Waals surface area contributed by atoms with Crippen molar-refractivity contribution in [1.82, 2.24) is 4.98 Å². The standard InChI is InChI=1S/C6H10N4S/c1-9-6-2-5(11-8)4(7)3-10-6/h2-3H,7-8H2,1H3,(H,9,10). The molecule has 0 radical (unpaired) electrons. The normalized spacial score (nSPS) is 9.64. The summed E-state index contributed by atoms with van der Waals surface area (Å²) in [6.45, 7) is 0. The van der Waals surface area contributed by atoms with Gasteiger partial charge in [-0.25, -0.2) is 4.98 Å². The summed E-state index contributed by atoms with van der Waals surface area (Å²) in [5, 5.41) is 8.25. The van der Waals surface area contributed by atoms with E-state index in [0.29, 0.717) is 5.69 Å². The zero-order chi connectivity index (χ0) is 8.27. The van der Waals surface area contributed by atoms with E-state index in [4.69, 9.17) is 10.9 Å². The number of nitrogen functional groups attached to an aromatic ring is 1. The average Bonchev–Trinajstić information content (AvgIpc) is 2.05. The molecule has 4 nitrogen and oxygen atoms in total. The highest BCUT2D eigenvalue weighted by Gasteiger charge is 1.98. The molecule has 11 heavy (non-hydrogen) atoms. The van der Waals surface area contributed by atoms with Crippen molar-refractivity contribution in [3.05, 3.63) is 12.3 Å². The van der Waals surface area contributed by atoms with E-state index in [0.717, 1.165) is 22.7 Å². The van der Waals surface area contributed by atoms with Gasteiger partial charge in [0.25, 0.3) is 0 Å². The molecular formula is C6H10N4S. The fraction of sp³-hybridized carbons (Fsp3) is 0.167. The maximum atomic E-state index is 5.56. The van der Waals surface area contributed by atoms with E-state index in [2.05, 4.69) is 10.3 Å². The van der Waals surface area contributed by atoms with Crippen LogP contribution in [0.4, 0.5) is 11.5 Å². The first-order chi connectivity index (χ1) is 5.27. The number of aromatic nitrogens is 1. The molecule has 1 aromatic heterocycles. The van der Waals surface area contributed by atoms with Crippen LogP contribution < -0.4 is 16.2 Å². The van der Waals surface area contributed by atoms with Gasteiger partial charge in [-0.2, -0.15) is 0 Å². The van der Waals surface area contributed by atoms with Crippen molar-refractivity contribution in [2.75, 3.05) is 18.1 Å². The number of nitrogens with two attached hydrogens (primary N) is 2. The largest absolute Gasteiger partial charge is 0.397 e. The lowest BCUT2D eigenvalue weighted by atomic mass is 10.4. The minimum absolute atomic E-state index is 0.608. The third-order valence-electron chi connectivity index (χ3n) is 1.28. The summed E-state index contributed by atoms with van der Waals surface area (Å²) in [4.78, 5) is 4.84. The highest BCUT2D eigenvalue weighted by molar-refractivity contribution is 7.97. The second-order valence-corrected chi connectivity index (χ2v) is 2.65. The molecule has 0 unspecified atom stereocenters. The summed E-state index contributed by atoms with van der Waals surface area (Å²) in [6, 6.07) is 1.81. The van der Waals surface area contributed by atoms with Crippen molar-refractivity contribution in [2.45, 2.75) is 4.90 Å². The molecule has 0 saturated carbocycles. The smallest absolute Gasteiger partial charge is 0.126 e. The molecule has 0 spiro atoms. The highest BCUT2D eigenvalue weighted by atomic mass is 32.2. The Labute approximate surface area is 69.5 Å². The average molecular weight is 170 g/mol. The molecule has 1 rings (SSSR count). The molecule has 0 saturated heterocycles. The van der Waals surface area contributed by atoms with Gasteiger partial charge in [-0.1, -0.05) is 0 Å². The van der Waals surface area contributed by atoms with Crippen LogP contribution in [0.5, 0.6) is 0 Å². The van der Waals surface area contributed by atoms with Crippen molar-refractivity contribution < 1.29 is 0 Å². The van der Waals surface area contributed by atoms with Crippen LogP contribution in [0.1, 0.15) is 0 Å². The Kier molecular flexibility index (Phi) is 2.56. The van der Waals surface area contributed by atoms with E-state index in [-0.39, 0.29) is 0 Å². The number of hydrogen-bond acceptors (Lipinski definition) is 5. The zero-order valence-electron chi connectivity index (χ0n) is 6.16. The van der Waals surface area contributed by atoms with E-state index >= 15 is 0 Å². The Morgan fingerprint density at radius 3 is 2.91 bits per heavy atom. The first kappa shape index (κ1) is 8.16. The van der Waals surface area contributed by atoms with Crippen LogP contribution in [0.3, 0.4) is 0 Å². The van der Waals surface area contributed by atoms with E-state index < -0.39 is 0 Å². The number of nitrogens with one attached hydrogen (secondary N) is 1. The number of rotatable bonds is 2. The first-order valence-corrected chi connectivity index (χ1v) is 3.96. The molecule has 0 bridgehead atoms. The van der Waals surface area contributed by atoms with E-state index in [1.807, 2.05) is 0 Å². The molecule has 0 amide bonds. The van der Waals surface area contributed by atoms with Crippen LogP contribution in [0.15, 0.2) is 17.2 Å². The summed E-state index contributed by atoms with van der Waals surface area (Å²) in [7, 11) is 1.80. The molecule has 0 fully saturated rings. The zero-order valence-corrected chi connectivity index (χ0v) is 6.98. The van der Waals surface area contributed by atoms with Gasteiger partial charge in [0.2, 0.25) is 0 Å². The lowest BCUT2D eigenvalue weighted by molar-refractivity contribution is 1.24. The summed E-state index contributed by atoms with van der Waals surface area (Å²) >= 11 is 1.12.